The number of rotatable bonds is 7. The van der Waals surface area contributed by atoms with Crippen LogP contribution in [-0.4, -0.2) is 11.1 Å². The molecule has 0 spiro atoms. The number of halogens is 1. The maximum Gasteiger partial charge on any atom is 0.335 e. The molecule has 4 nitrogen and oxygen atoms in total. The lowest BCUT2D eigenvalue weighted by molar-refractivity contribution is 0.0697. The standard InChI is InChI=1S/C23H24FNO3/c1-14(2)11-21(25-19-9-7-16(8-10-19)23(26)27)20-13-22(28-15(20)3)17-5-4-6-18(24)12-17/h4-10,12-14,21,25H,11H2,1-3H3,(H,26,27). The highest BCUT2D eigenvalue weighted by molar-refractivity contribution is 5.88. The normalized spacial score (nSPS) is 12.2. The maximum absolute atomic E-state index is 13.6. The number of nitrogens with one attached hydrogen (secondary N) is 1. The summed E-state index contributed by atoms with van der Waals surface area (Å²) in [6.07, 6.45) is 0.865. The lowest BCUT2D eigenvalue weighted by Gasteiger charge is -2.21. The Labute approximate surface area is 164 Å². The molecular weight excluding hydrogens is 357 g/mol. The molecule has 0 radical (unpaired) electrons. The van der Waals surface area contributed by atoms with Gasteiger partial charge in [-0.25, -0.2) is 9.18 Å². The van der Waals surface area contributed by atoms with Gasteiger partial charge in [0.2, 0.25) is 0 Å². The van der Waals surface area contributed by atoms with E-state index in [1.54, 1.807) is 30.3 Å². The molecule has 0 fully saturated rings. The summed E-state index contributed by atoms with van der Waals surface area (Å²) < 4.78 is 19.5. The molecule has 2 aromatic carbocycles. The number of anilines is 1. The van der Waals surface area contributed by atoms with Gasteiger partial charge in [0.05, 0.1) is 11.6 Å². The number of hydrogen-bond donors (Lipinski definition) is 2. The first-order valence-corrected chi connectivity index (χ1v) is 9.29. The lowest BCUT2D eigenvalue weighted by atomic mass is 9.96. The summed E-state index contributed by atoms with van der Waals surface area (Å²) >= 11 is 0. The Morgan fingerprint density at radius 2 is 1.86 bits per heavy atom. The predicted molar refractivity (Wildman–Crippen MR) is 108 cm³/mol. The Morgan fingerprint density at radius 1 is 1.14 bits per heavy atom. The van der Waals surface area contributed by atoms with E-state index in [1.165, 1.54) is 12.1 Å². The molecule has 0 aliphatic heterocycles. The zero-order valence-corrected chi connectivity index (χ0v) is 16.2. The van der Waals surface area contributed by atoms with Crippen LogP contribution >= 0.6 is 0 Å². The van der Waals surface area contributed by atoms with Gasteiger partial charge in [-0.3, -0.25) is 0 Å². The minimum absolute atomic E-state index is 0.0123. The van der Waals surface area contributed by atoms with Gasteiger partial charge in [0.25, 0.3) is 0 Å². The van der Waals surface area contributed by atoms with Crippen LogP contribution in [0.1, 0.15) is 48.0 Å². The SMILES string of the molecule is Cc1oc(-c2cccc(F)c2)cc1C(CC(C)C)Nc1ccc(C(=O)O)cc1. The summed E-state index contributed by atoms with van der Waals surface area (Å²) in [5.74, 6) is 0.588. The van der Waals surface area contributed by atoms with Gasteiger partial charge in [-0.1, -0.05) is 26.0 Å². The highest BCUT2D eigenvalue weighted by Crippen LogP contribution is 2.34. The van der Waals surface area contributed by atoms with Gasteiger partial charge in [-0.05, 0) is 61.7 Å². The largest absolute Gasteiger partial charge is 0.478 e. The average molecular weight is 381 g/mol. The van der Waals surface area contributed by atoms with Gasteiger partial charge in [-0.15, -0.1) is 0 Å². The van der Waals surface area contributed by atoms with Crippen LogP contribution in [0.4, 0.5) is 10.1 Å². The zero-order valence-electron chi connectivity index (χ0n) is 16.2. The molecule has 1 unspecified atom stereocenters. The summed E-state index contributed by atoms with van der Waals surface area (Å²) in [6, 6.07) is 15.0. The topological polar surface area (TPSA) is 62.5 Å². The van der Waals surface area contributed by atoms with Crippen LogP contribution in [0.25, 0.3) is 11.3 Å². The van der Waals surface area contributed by atoms with E-state index in [4.69, 9.17) is 9.52 Å². The lowest BCUT2D eigenvalue weighted by Crippen LogP contribution is -2.13. The highest BCUT2D eigenvalue weighted by atomic mass is 19.1. The van der Waals surface area contributed by atoms with Crippen molar-refractivity contribution in [3.05, 3.63) is 77.3 Å². The first-order chi connectivity index (χ1) is 13.3. The van der Waals surface area contributed by atoms with E-state index in [0.29, 0.717) is 17.2 Å². The van der Waals surface area contributed by atoms with Crippen LogP contribution in [0.3, 0.4) is 0 Å². The van der Waals surface area contributed by atoms with E-state index in [2.05, 4.69) is 19.2 Å². The van der Waals surface area contributed by atoms with Gasteiger partial charge < -0.3 is 14.8 Å². The molecule has 1 aromatic heterocycles. The van der Waals surface area contributed by atoms with Crippen molar-refractivity contribution >= 4 is 11.7 Å². The number of carboxylic acids is 1. The third-order valence-corrected chi connectivity index (χ3v) is 4.62. The van der Waals surface area contributed by atoms with Crippen molar-refractivity contribution in [1.82, 2.24) is 0 Å². The Hall–Kier alpha value is -3.08. The van der Waals surface area contributed by atoms with Crippen molar-refractivity contribution in [2.45, 2.75) is 33.2 Å². The Kier molecular flexibility index (Phi) is 5.83. The number of carboxylic acid groups (broad SMARTS) is 1. The molecule has 146 valence electrons. The second-order valence-corrected chi connectivity index (χ2v) is 7.34. The predicted octanol–water partition coefficient (Wildman–Crippen LogP) is 6.29. The van der Waals surface area contributed by atoms with Crippen molar-refractivity contribution < 1.29 is 18.7 Å². The number of hydrogen-bond acceptors (Lipinski definition) is 3. The van der Waals surface area contributed by atoms with Gasteiger partial charge in [0.1, 0.15) is 17.3 Å². The Morgan fingerprint density at radius 3 is 2.46 bits per heavy atom. The minimum atomic E-state index is -0.948. The number of benzene rings is 2. The van der Waals surface area contributed by atoms with Gasteiger partial charge in [0.15, 0.2) is 0 Å². The third-order valence-electron chi connectivity index (χ3n) is 4.62. The average Bonchev–Trinajstić information content (AvgIpc) is 3.03. The van der Waals surface area contributed by atoms with Crippen LogP contribution in [0.5, 0.6) is 0 Å². The molecule has 5 heteroatoms. The van der Waals surface area contributed by atoms with Crippen molar-refractivity contribution in [2.75, 3.05) is 5.32 Å². The van der Waals surface area contributed by atoms with Crippen LogP contribution in [0.2, 0.25) is 0 Å². The molecule has 28 heavy (non-hydrogen) atoms. The summed E-state index contributed by atoms with van der Waals surface area (Å²) in [5.41, 5.74) is 2.79. The number of aryl methyl sites for hydroxylation is 1. The van der Waals surface area contributed by atoms with E-state index in [9.17, 15) is 9.18 Å². The van der Waals surface area contributed by atoms with Gasteiger partial charge in [0, 0.05) is 16.8 Å². The highest BCUT2D eigenvalue weighted by Gasteiger charge is 2.20. The molecule has 0 bridgehead atoms. The number of aromatic carboxylic acids is 1. The number of carbonyl (C=O) groups is 1. The quantitative estimate of drug-likeness (QED) is 0.505. The summed E-state index contributed by atoms with van der Waals surface area (Å²) in [7, 11) is 0. The van der Waals surface area contributed by atoms with Gasteiger partial charge >= 0.3 is 5.97 Å². The Bertz CT molecular complexity index is 960. The molecule has 0 saturated carbocycles. The summed E-state index contributed by atoms with van der Waals surface area (Å²) in [5, 5.41) is 12.5. The second kappa shape index (κ2) is 8.30. The van der Waals surface area contributed by atoms with Crippen LogP contribution in [-0.2, 0) is 0 Å². The van der Waals surface area contributed by atoms with Crippen molar-refractivity contribution in [2.24, 2.45) is 5.92 Å². The molecule has 2 N–H and O–H groups in total. The fourth-order valence-electron chi connectivity index (χ4n) is 3.27. The monoisotopic (exact) mass is 381 g/mol. The minimum Gasteiger partial charge on any atom is -0.478 e. The van der Waals surface area contributed by atoms with E-state index in [-0.39, 0.29) is 17.4 Å². The Balaban J connectivity index is 1.90. The van der Waals surface area contributed by atoms with E-state index in [0.717, 1.165) is 23.4 Å². The van der Waals surface area contributed by atoms with Gasteiger partial charge in [-0.2, -0.15) is 0 Å². The zero-order chi connectivity index (χ0) is 20.3. The molecule has 1 atom stereocenters. The molecule has 1 heterocycles. The smallest absolute Gasteiger partial charge is 0.335 e. The van der Waals surface area contributed by atoms with E-state index >= 15 is 0 Å². The second-order valence-electron chi connectivity index (χ2n) is 7.34. The van der Waals surface area contributed by atoms with Crippen molar-refractivity contribution in [3.63, 3.8) is 0 Å². The van der Waals surface area contributed by atoms with E-state index < -0.39 is 5.97 Å². The van der Waals surface area contributed by atoms with Crippen molar-refractivity contribution in [1.29, 1.82) is 0 Å². The molecule has 0 aliphatic rings. The summed E-state index contributed by atoms with van der Waals surface area (Å²) in [4.78, 5) is 11.0. The van der Waals surface area contributed by atoms with Crippen LogP contribution in [0, 0.1) is 18.7 Å². The fraction of sp³-hybridized carbons (Fsp3) is 0.261. The van der Waals surface area contributed by atoms with Crippen molar-refractivity contribution in [3.8, 4) is 11.3 Å². The molecule has 3 aromatic rings. The third kappa shape index (κ3) is 4.60. The maximum atomic E-state index is 13.6. The molecular formula is C23H24FNO3. The first-order valence-electron chi connectivity index (χ1n) is 9.29. The van der Waals surface area contributed by atoms with E-state index in [1.807, 2.05) is 19.1 Å². The molecule has 0 saturated heterocycles. The number of furan rings is 1. The van der Waals surface area contributed by atoms with Crippen LogP contribution in [0.15, 0.2) is 59.0 Å². The summed E-state index contributed by atoms with van der Waals surface area (Å²) in [6.45, 7) is 6.19. The fourth-order valence-corrected chi connectivity index (χ4v) is 3.27. The molecule has 3 rings (SSSR count). The van der Waals surface area contributed by atoms with Crippen LogP contribution < -0.4 is 5.32 Å². The first kappa shape index (κ1) is 19.7. The molecule has 0 aliphatic carbocycles. The molecule has 0 amide bonds.